The number of rotatable bonds is 5. The van der Waals surface area contributed by atoms with Crippen molar-refractivity contribution in [2.24, 2.45) is 0 Å². The largest absolute Gasteiger partial charge is 0.496 e. The lowest BCUT2D eigenvalue weighted by molar-refractivity contribution is -0.147. The molecule has 0 aliphatic carbocycles. The van der Waals surface area contributed by atoms with E-state index in [0.717, 1.165) is 11.3 Å². The Bertz CT molecular complexity index is 547. The van der Waals surface area contributed by atoms with Crippen molar-refractivity contribution in [1.29, 1.82) is 0 Å². The molecule has 0 bridgehead atoms. The summed E-state index contributed by atoms with van der Waals surface area (Å²) < 4.78 is 5.28. The fraction of sp³-hybridized carbons (Fsp3) is 0.500. The number of ether oxygens (including phenoxy) is 1. The summed E-state index contributed by atoms with van der Waals surface area (Å²) in [7, 11) is 3.38. The van der Waals surface area contributed by atoms with Crippen molar-refractivity contribution in [2.45, 2.75) is 18.9 Å². The van der Waals surface area contributed by atoms with Crippen LogP contribution in [0.15, 0.2) is 24.3 Å². The normalized spacial score (nSPS) is 19.0. The second-order valence-corrected chi connectivity index (χ2v) is 5.49. The molecule has 1 aromatic rings. The van der Waals surface area contributed by atoms with Gasteiger partial charge in [-0.1, -0.05) is 18.2 Å². The number of benzene rings is 1. The number of para-hydroxylation sites is 1. The quantitative estimate of drug-likeness (QED) is 0.873. The van der Waals surface area contributed by atoms with Crippen molar-refractivity contribution in [3.8, 4) is 5.75 Å². The van der Waals surface area contributed by atoms with Crippen LogP contribution in [-0.4, -0.2) is 66.6 Å². The van der Waals surface area contributed by atoms with Gasteiger partial charge < -0.3 is 14.7 Å². The molecule has 1 aliphatic heterocycles. The molecule has 1 saturated heterocycles. The van der Waals surface area contributed by atoms with Crippen LogP contribution >= 0.6 is 0 Å². The number of carboxylic acids is 1. The molecule has 1 atom stereocenters. The summed E-state index contributed by atoms with van der Waals surface area (Å²) >= 11 is 0. The molecule has 1 amide bonds. The fourth-order valence-corrected chi connectivity index (χ4v) is 2.68. The van der Waals surface area contributed by atoms with Crippen molar-refractivity contribution < 1.29 is 19.4 Å². The number of carboxylic acid groups (broad SMARTS) is 1. The van der Waals surface area contributed by atoms with Gasteiger partial charge in [0.25, 0.3) is 0 Å². The van der Waals surface area contributed by atoms with E-state index in [1.807, 2.05) is 24.3 Å². The van der Waals surface area contributed by atoms with Crippen LogP contribution in [0, 0.1) is 0 Å². The summed E-state index contributed by atoms with van der Waals surface area (Å²) in [5.74, 6) is -0.118. The number of amides is 1. The van der Waals surface area contributed by atoms with Crippen LogP contribution in [0.4, 0.5) is 0 Å². The third-order valence-corrected chi connectivity index (χ3v) is 4.09. The van der Waals surface area contributed by atoms with E-state index in [4.69, 9.17) is 4.74 Å². The zero-order chi connectivity index (χ0) is 16.1. The lowest BCUT2D eigenvalue weighted by Crippen LogP contribution is -2.56. The lowest BCUT2D eigenvalue weighted by atomic mass is 10.1. The minimum Gasteiger partial charge on any atom is -0.496 e. The van der Waals surface area contributed by atoms with Crippen LogP contribution in [0.3, 0.4) is 0 Å². The molecule has 120 valence electrons. The number of hydrogen-bond acceptors (Lipinski definition) is 4. The summed E-state index contributed by atoms with van der Waals surface area (Å²) in [6, 6.07) is 7.00. The maximum Gasteiger partial charge on any atom is 0.322 e. The molecule has 0 saturated carbocycles. The fourth-order valence-electron chi connectivity index (χ4n) is 2.68. The van der Waals surface area contributed by atoms with Crippen LogP contribution < -0.4 is 4.74 Å². The molecule has 1 N–H and O–H groups in total. The van der Waals surface area contributed by atoms with E-state index < -0.39 is 12.0 Å². The van der Waals surface area contributed by atoms with E-state index in [2.05, 4.69) is 0 Å². The highest BCUT2D eigenvalue weighted by Crippen LogP contribution is 2.19. The Morgan fingerprint density at radius 3 is 2.73 bits per heavy atom. The SMILES string of the molecule is COc1ccccc1CCC(=O)N1CCN(C)[C@@H](C(=O)O)C1. The number of nitrogens with zero attached hydrogens (tertiary/aromatic N) is 2. The Kier molecular flexibility index (Phi) is 5.38. The molecule has 1 heterocycles. The lowest BCUT2D eigenvalue weighted by Gasteiger charge is -2.37. The average molecular weight is 306 g/mol. The van der Waals surface area contributed by atoms with Gasteiger partial charge in [0, 0.05) is 26.1 Å². The molecule has 0 aromatic heterocycles. The molecule has 0 unspecified atom stereocenters. The third-order valence-electron chi connectivity index (χ3n) is 4.09. The third kappa shape index (κ3) is 3.76. The molecular weight excluding hydrogens is 284 g/mol. The van der Waals surface area contributed by atoms with E-state index in [1.165, 1.54) is 0 Å². The van der Waals surface area contributed by atoms with Gasteiger partial charge in [0.2, 0.25) is 5.91 Å². The van der Waals surface area contributed by atoms with Crippen molar-refractivity contribution in [2.75, 3.05) is 33.8 Å². The van der Waals surface area contributed by atoms with Gasteiger partial charge in [-0.05, 0) is 25.1 Å². The molecule has 0 spiro atoms. The highest BCUT2D eigenvalue weighted by atomic mass is 16.5. The Balaban J connectivity index is 1.93. The number of piperazine rings is 1. The first-order chi connectivity index (χ1) is 10.5. The summed E-state index contributed by atoms with van der Waals surface area (Å²) in [6.07, 6.45) is 0.948. The molecule has 6 heteroatoms. The zero-order valence-corrected chi connectivity index (χ0v) is 13.0. The maximum atomic E-state index is 12.3. The van der Waals surface area contributed by atoms with Gasteiger partial charge in [-0.15, -0.1) is 0 Å². The number of aryl methyl sites for hydroxylation is 1. The molecule has 1 aromatic carbocycles. The monoisotopic (exact) mass is 306 g/mol. The Labute approximate surface area is 130 Å². The van der Waals surface area contributed by atoms with Crippen molar-refractivity contribution >= 4 is 11.9 Å². The van der Waals surface area contributed by atoms with Gasteiger partial charge in [0.15, 0.2) is 0 Å². The molecular formula is C16H22N2O4. The highest BCUT2D eigenvalue weighted by molar-refractivity contribution is 5.79. The van der Waals surface area contributed by atoms with E-state index in [1.54, 1.807) is 24.0 Å². The second-order valence-electron chi connectivity index (χ2n) is 5.49. The van der Waals surface area contributed by atoms with E-state index in [0.29, 0.717) is 25.9 Å². The standard InChI is InChI=1S/C16H22N2O4/c1-17-9-10-18(11-13(17)16(20)21)15(19)8-7-12-5-3-4-6-14(12)22-2/h3-6,13H,7-11H2,1-2H3,(H,20,21)/t13-/m1/s1. The highest BCUT2D eigenvalue weighted by Gasteiger charge is 2.31. The number of carbonyl (C=O) groups is 2. The van der Waals surface area contributed by atoms with Crippen molar-refractivity contribution in [1.82, 2.24) is 9.80 Å². The first-order valence-electron chi connectivity index (χ1n) is 7.35. The predicted octanol–water partition coefficient (Wildman–Crippen LogP) is 0.855. The summed E-state index contributed by atoms with van der Waals surface area (Å²) in [5, 5.41) is 9.19. The van der Waals surface area contributed by atoms with Gasteiger partial charge in [-0.2, -0.15) is 0 Å². The van der Waals surface area contributed by atoms with E-state index in [-0.39, 0.29) is 12.5 Å². The maximum absolute atomic E-state index is 12.3. The van der Waals surface area contributed by atoms with Crippen LogP contribution in [0.25, 0.3) is 0 Å². The summed E-state index contributed by atoms with van der Waals surface area (Å²) in [5.41, 5.74) is 0.988. The van der Waals surface area contributed by atoms with Crippen LogP contribution in [0.1, 0.15) is 12.0 Å². The smallest absolute Gasteiger partial charge is 0.322 e. The minimum absolute atomic E-state index is 0.00902. The first-order valence-corrected chi connectivity index (χ1v) is 7.35. The molecule has 0 radical (unpaired) electrons. The van der Waals surface area contributed by atoms with Gasteiger partial charge in [-0.25, -0.2) is 0 Å². The number of hydrogen-bond donors (Lipinski definition) is 1. The van der Waals surface area contributed by atoms with Crippen molar-refractivity contribution in [3.05, 3.63) is 29.8 Å². The Morgan fingerprint density at radius 1 is 1.32 bits per heavy atom. The zero-order valence-electron chi connectivity index (χ0n) is 13.0. The van der Waals surface area contributed by atoms with E-state index >= 15 is 0 Å². The molecule has 1 aliphatic rings. The minimum atomic E-state index is -0.885. The van der Waals surface area contributed by atoms with Gasteiger partial charge >= 0.3 is 5.97 Å². The number of likely N-dealkylation sites (N-methyl/N-ethyl adjacent to an activating group) is 1. The van der Waals surface area contributed by atoms with Crippen molar-refractivity contribution in [3.63, 3.8) is 0 Å². The molecule has 2 rings (SSSR count). The predicted molar refractivity (Wildman–Crippen MR) is 81.9 cm³/mol. The number of carbonyl (C=O) groups excluding carboxylic acids is 1. The van der Waals surface area contributed by atoms with Crippen LogP contribution in [0.2, 0.25) is 0 Å². The molecule has 6 nitrogen and oxygen atoms in total. The van der Waals surface area contributed by atoms with Crippen LogP contribution in [-0.2, 0) is 16.0 Å². The van der Waals surface area contributed by atoms with Crippen LogP contribution in [0.5, 0.6) is 5.75 Å². The second kappa shape index (κ2) is 7.26. The van der Waals surface area contributed by atoms with E-state index in [9.17, 15) is 14.7 Å². The summed E-state index contributed by atoms with van der Waals surface area (Å²) in [4.78, 5) is 26.9. The van der Waals surface area contributed by atoms with Gasteiger partial charge in [0.1, 0.15) is 11.8 Å². The summed E-state index contributed by atoms with van der Waals surface area (Å²) in [6.45, 7) is 1.40. The number of aliphatic carboxylic acids is 1. The van der Waals surface area contributed by atoms with Gasteiger partial charge in [0.05, 0.1) is 7.11 Å². The van der Waals surface area contributed by atoms with Gasteiger partial charge in [-0.3, -0.25) is 14.5 Å². The molecule has 22 heavy (non-hydrogen) atoms. The topological polar surface area (TPSA) is 70.1 Å². The average Bonchev–Trinajstić information content (AvgIpc) is 2.53. The molecule has 1 fully saturated rings. The Morgan fingerprint density at radius 2 is 2.05 bits per heavy atom. The number of methoxy groups -OCH3 is 1. The Hall–Kier alpha value is -2.08. The first kappa shape index (κ1) is 16.3.